The molecule has 2 nitrogen and oxygen atoms in total. The molecule has 0 bridgehead atoms. The van der Waals surface area contributed by atoms with Crippen LogP contribution in [0.3, 0.4) is 0 Å². The molecule has 1 rings (SSSR count). The van der Waals surface area contributed by atoms with E-state index in [0.717, 1.165) is 5.69 Å². The van der Waals surface area contributed by atoms with Gasteiger partial charge in [-0.25, -0.2) is 4.98 Å². The number of terminal acetylenes is 1. The van der Waals surface area contributed by atoms with Crippen molar-refractivity contribution in [3.63, 3.8) is 0 Å². The fourth-order valence-corrected chi connectivity index (χ4v) is 2.05. The van der Waals surface area contributed by atoms with Crippen molar-refractivity contribution in [1.82, 2.24) is 4.98 Å². The van der Waals surface area contributed by atoms with Crippen LogP contribution in [-0.2, 0) is 11.0 Å². The summed E-state index contributed by atoms with van der Waals surface area (Å²) in [5.74, 6) is 2.54. The SMILES string of the molecule is C#Cc1cccc(CO[Si](C)(C)C(C)(C)C)n1. The van der Waals surface area contributed by atoms with E-state index in [0.29, 0.717) is 12.3 Å². The van der Waals surface area contributed by atoms with E-state index in [1.165, 1.54) is 0 Å². The average Bonchev–Trinajstić information content (AvgIpc) is 2.25. The lowest BCUT2D eigenvalue weighted by molar-refractivity contribution is 0.272. The summed E-state index contributed by atoms with van der Waals surface area (Å²) < 4.78 is 6.09. The molecule has 0 N–H and O–H groups in total. The van der Waals surface area contributed by atoms with E-state index in [4.69, 9.17) is 10.8 Å². The number of pyridine rings is 1. The van der Waals surface area contributed by atoms with Crippen LogP contribution < -0.4 is 0 Å². The van der Waals surface area contributed by atoms with E-state index in [1.54, 1.807) is 0 Å². The molecular formula is C14H21NOSi. The van der Waals surface area contributed by atoms with Gasteiger partial charge in [0.15, 0.2) is 8.32 Å². The van der Waals surface area contributed by atoms with Gasteiger partial charge in [-0.2, -0.15) is 0 Å². The Balaban J connectivity index is 2.71. The molecule has 1 aromatic heterocycles. The van der Waals surface area contributed by atoms with Crippen molar-refractivity contribution in [3.8, 4) is 12.3 Å². The molecule has 1 heterocycles. The maximum Gasteiger partial charge on any atom is 0.192 e. The molecule has 0 saturated heterocycles. The van der Waals surface area contributed by atoms with Crippen LogP contribution in [-0.4, -0.2) is 13.3 Å². The van der Waals surface area contributed by atoms with Gasteiger partial charge in [0.05, 0.1) is 12.3 Å². The van der Waals surface area contributed by atoms with Crippen molar-refractivity contribution in [3.05, 3.63) is 29.6 Å². The van der Waals surface area contributed by atoms with Crippen LogP contribution >= 0.6 is 0 Å². The molecule has 0 spiro atoms. The minimum atomic E-state index is -1.71. The van der Waals surface area contributed by atoms with Gasteiger partial charge in [-0.05, 0) is 30.3 Å². The van der Waals surface area contributed by atoms with E-state index >= 15 is 0 Å². The van der Waals surface area contributed by atoms with Gasteiger partial charge in [0.2, 0.25) is 0 Å². The number of hydrogen-bond acceptors (Lipinski definition) is 2. The first-order valence-corrected chi connectivity index (χ1v) is 8.73. The quantitative estimate of drug-likeness (QED) is 0.601. The van der Waals surface area contributed by atoms with Crippen LogP contribution in [0.15, 0.2) is 18.2 Å². The van der Waals surface area contributed by atoms with E-state index in [-0.39, 0.29) is 5.04 Å². The first kappa shape index (κ1) is 13.9. The Labute approximate surface area is 106 Å². The molecule has 0 aliphatic carbocycles. The van der Waals surface area contributed by atoms with E-state index in [1.807, 2.05) is 18.2 Å². The minimum Gasteiger partial charge on any atom is -0.411 e. The number of aromatic nitrogens is 1. The standard InChI is InChI=1S/C14H21NOSi/c1-7-12-9-8-10-13(15-12)11-16-17(5,6)14(2,3)4/h1,8-10H,11H2,2-6H3. The van der Waals surface area contributed by atoms with Crippen LogP contribution in [0.4, 0.5) is 0 Å². The lowest BCUT2D eigenvalue weighted by Crippen LogP contribution is -2.40. The molecule has 92 valence electrons. The molecule has 0 radical (unpaired) electrons. The van der Waals surface area contributed by atoms with Crippen LogP contribution in [0, 0.1) is 12.3 Å². The van der Waals surface area contributed by atoms with E-state index in [9.17, 15) is 0 Å². The Kier molecular flexibility index (Phi) is 4.13. The lowest BCUT2D eigenvalue weighted by atomic mass is 10.2. The Morgan fingerprint density at radius 3 is 2.53 bits per heavy atom. The van der Waals surface area contributed by atoms with Gasteiger partial charge in [0.1, 0.15) is 5.69 Å². The topological polar surface area (TPSA) is 22.1 Å². The lowest BCUT2D eigenvalue weighted by Gasteiger charge is -2.36. The Hall–Kier alpha value is -1.11. The molecule has 0 saturated carbocycles. The maximum absolute atomic E-state index is 6.09. The average molecular weight is 247 g/mol. The molecule has 0 fully saturated rings. The maximum atomic E-state index is 6.09. The van der Waals surface area contributed by atoms with E-state index < -0.39 is 8.32 Å². The smallest absolute Gasteiger partial charge is 0.192 e. The normalized spacial score (nSPS) is 12.2. The zero-order valence-electron chi connectivity index (χ0n) is 11.4. The monoisotopic (exact) mass is 247 g/mol. The molecule has 0 aliphatic heterocycles. The van der Waals surface area contributed by atoms with Crippen molar-refractivity contribution in [2.45, 2.75) is 45.5 Å². The number of rotatable bonds is 3. The second-order valence-corrected chi connectivity index (χ2v) is 10.5. The Morgan fingerprint density at radius 1 is 1.35 bits per heavy atom. The third-order valence-corrected chi connectivity index (χ3v) is 7.82. The highest BCUT2D eigenvalue weighted by Gasteiger charge is 2.37. The van der Waals surface area contributed by atoms with Crippen molar-refractivity contribution >= 4 is 8.32 Å². The first-order valence-electron chi connectivity index (χ1n) is 5.83. The number of hydrogen-bond donors (Lipinski definition) is 0. The molecule has 1 aromatic rings. The van der Waals surface area contributed by atoms with E-state index in [2.05, 4.69) is 44.8 Å². The molecular weight excluding hydrogens is 226 g/mol. The second kappa shape index (κ2) is 5.03. The summed E-state index contributed by atoms with van der Waals surface area (Å²) in [6.45, 7) is 11.7. The highest BCUT2D eigenvalue weighted by atomic mass is 28.4. The van der Waals surface area contributed by atoms with Gasteiger partial charge in [0.25, 0.3) is 0 Å². The molecule has 17 heavy (non-hydrogen) atoms. The van der Waals surface area contributed by atoms with Crippen molar-refractivity contribution in [2.24, 2.45) is 0 Å². The third-order valence-electron chi connectivity index (χ3n) is 3.34. The van der Waals surface area contributed by atoms with Crippen molar-refractivity contribution in [1.29, 1.82) is 0 Å². The van der Waals surface area contributed by atoms with Gasteiger partial charge in [-0.1, -0.05) is 32.8 Å². The van der Waals surface area contributed by atoms with Gasteiger partial charge in [-0.3, -0.25) is 0 Å². The van der Waals surface area contributed by atoms with Crippen LogP contribution in [0.5, 0.6) is 0 Å². The molecule has 3 heteroatoms. The fraction of sp³-hybridized carbons (Fsp3) is 0.500. The number of nitrogens with zero attached hydrogens (tertiary/aromatic N) is 1. The highest BCUT2D eigenvalue weighted by Crippen LogP contribution is 2.36. The second-order valence-electron chi connectivity index (χ2n) is 5.71. The Morgan fingerprint density at radius 2 is 2.00 bits per heavy atom. The summed E-state index contributed by atoms with van der Waals surface area (Å²) in [6, 6.07) is 5.70. The molecule has 0 aliphatic rings. The highest BCUT2D eigenvalue weighted by molar-refractivity contribution is 6.74. The molecule has 0 aromatic carbocycles. The summed E-state index contributed by atoms with van der Waals surface area (Å²) in [6.07, 6.45) is 5.33. The van der Waals surface area contributed by atoms with Gasteiger partial charge in [-0.15, -0.1) is 6.42 Å². The summed E-state index contributed by atoms with van der Waals surface area (Å²) in [7, 11) is -1.71. The van der Waals surface area contributed by atoms with Gasteiger partial charge in [0, 0.05) is 0 Å². The Bertz CT molecular complexity index is 427. The first-order chi connectivity index (χ1) is 7.76. The predicted molar refractivity (Wildman–Crippen MR) is 74.2 cm³/mol. The summed E-state index contributed by atoms with van der Waals surface area (Å²) in [5, 5.41) is 0.219. The summed E-state index contributed by atoms with van der Waals surface area (Å²) >= 11 is 0. The van der Waals surface area contributed by atoms with Crippen LogP contribution in [0.1, 0.15) is 32.2 Å². The molecule has 0 unspecified atom stereocenters. The van der Waals surface area contributed by atoms with Crippen LogP contribution in [0.2, 0.25) is 18.1 Å². The van der Waals surface area contributed by atoms with Crippen molar-refractivity contribution in [2.75, 3.05) is 0 Å². The van der Waals surface area contributed by atoms with Crippen LogP contribution in [0.25, 0.3) is 0 Å². The largest absolute Gasteiger partial charge is 0.411 e. The zero-order valence-corrected chi connectivity index (χ0v) is 12.4. The third kappa shape index (κ3) is 3.69. The summed E-state index contributed by atoms with van der Waals surface area (Å²) in [5.41, 5.74) is 1.58. The van der Waals surface area contributed by atoms with Crippen molar-refractivity contribution < 1.29 is 4.43 Å². The minimum absolute atomic E-state index is 0.219. The molecule has 0 amide bonds. The van der Waals surface area contributed by atoms with Gasteiger partial charge >= 0.3 is 0 Å². The summed E-state index contributed by atoms with van der Waals surface area (Å²) in [4.78, 5) is 4.34. The predicted octanol–water partition coefficient (Wildman–Crippen LogP) is 3.58. The fourth-order valence-electron chi connectivity index (χ4n) is 1.11. The zero-order chi connectivity index (χ0) is 13.1. The molecule has 0 atom stereocenters. The van der Waals surface area contributed by atoms with Gasteiger partial charge < -0.3 is 4.43 Å².